The molecule has 1 amide bonds. The molecular formula is C23H25N5OS. The Labute approximate surface area is 180 Å². The van der Waals surface area contributed by atoms with Crippen LogP contribution < -0.4 is 15.5 Å². The molecule has 154 valence electrons. The molecule has 0 saturated carbocycles. The quantitative estimate of drug-likeness (QED) is 0.642. The highest BCUT2D eigenvalue weighted by molar-refractivity contribution is 7.13. The third kappa shape index (κ3) is 3.82. The number of hydrogen-bond acceptors (Lipinski definition) is 6. The molecule has 4 heterocycles. The van der Waals surface area contributed by atoms with Gasteiger partial charge in [0.15, 0.2) is 0 Å². The molecule has 2 fully saturated rings. The Balaban J connectivity index is 1.16. The Kier molecular flexibility index (Phi) is 5.23. The Morgan fingerprint density at radius 1 is 1.27 bits per heavy atom. The lowest BCUT2D eigenvalue weighted by molar-refractivity contribution is 0.0954. The summed E-state index contributed by atoms with van der Waals surface area (Å²) in [5.41, 5.74) is 3.84. The fourth-order valence-electron chi connectivity index (χ4n) is 4.43. The van der Waals surface area contributed by atoms with E-state index in [1.807, 2.05) is 6.07 Å². The Hall–Kier alpha value is -2.77. The second-order valence-electron chi connectivity index (χ2n) is 8.06. The van der Waals surface area contributed by atoms with Crippen molar-refractivity contribution in [3.8, 4) is 0 Å². The van der Waals surface area contributed by atoms with Crippen LogP contribution in [0.4, 0.5) is 5.69 Å². The van der Waals surface area contributed by atoms with Gasteiger partial charge in [-0.3, -0.25) is 4.79 Å². The summed E-state index contributed by atoms with van der Waals surface area (Å²) in [5.74, 6) is -0.112. The van der Waals surface area contributed by atoms with Crippen LogP contribution in [0.3, 0.4) is 0 Å². The van der Waals surface area contributed by atoms with E-state index in [1.54, 1.807) is 12.3 Å². The van der Waals surface area contributed by atoms with Gasteiger partial charge >= 0.3 is 0 Å². The molecule has 2 aromatic heterocycles. The van der Waals surface area contributed by atoms with Gasteiger partial charge in [0.2, 0.25) is 0 Å². The van der Waals surface area contributed by atoms with Crippen molar-refractivity contribution >= 4 is 39.4 Å². The first kappa shape index (κ1) is 19.2. The van der Waals surface area contributed by atoms with Crippen LogP contribution in [0.25, 0.3) is 16.3 Å². The van der Waals surface area contributed by atoms with E-state index in [4.69, 9.17) is 0 Å². The third-order valence-corrected chi connectivity index (χ3v) is 6.82. The summed E-state index contributed by atoms with van der Waals surface area (Å²) in [7, 11) is 0. The SMILES string of the molecule is C=Cc1nsc2ncc(C(=O)NCCc3ccc(N4CC5CCC(C4)N5)cc3)cc12. The maximum Gasteiger partial charge on any atom is 0.252 e. The first-order chi connectivity index (χ1) is 14.7. The van der Waals surface area contributed by atoms with Crippen molar-refractivity contribution in [2.45, 2.75) is 31.3 Å². The summed E-state index contributed by atoms with van der Waals surface area (Å²) in [6, 6.07) is 11.9. The number of nitrogens with zero attached hydrogens (tertiary/aromatic N) is 3. The van der Waals surface area contributed by atoms with Crippen molar-refractivity contribution in [2.24, 2.45) is 0 Å². The molecule has 7 heteroatoms. The lowest BCUT2D eigenvalue weighted by Crippen LogP contribution is -2.51. The zero-order valence-corrected chi connectivity index (χ0v) is 17.6. The summed E-state index contributed by atoms with van der Waals surface area (Å²) in [5, 5.41) is 7.55. The van der Waals surface area contributed by atoms with E-state index in [0.717, 1.165) is 35.4 Å². The predicted octanol–water partition coefficient (Wildman–Crippen LogP) is 3.25. The first-order valence-corrected chi connectivity index (χ1v) is 11.2. The van der Waals surface area contributed by atoms with Crippen molar-refractivity contribution in [3.63, 3.8) is 0 Å². The smallest absolute Gasteiger partial charge is 0.252 e. The fraction of sp³-hybridized carbons (Fsp3) is 0.348. The van der Waals surface area contributed by atoms with Crippen LogP contribution in [0.2, 0.25) is 0 Å². The summed E-state index contributed by atoms with van der Waals surface area (Å²) in [6.45, 7) is 6.54. The number of hydrogen-bond donors (Lipinski definition) is 2. The second-order valence-corrected chi connectivity index (χ2v) is 8.82. The van der Waals surface area contributed by atoms with E-state index in [-0.39, 0.29) is 5.91 Å². The molecule has 2 atom stereocenters. The van der Waals surface area contributed by atoms with Crippen LogP contribution in [-0.4, -0.2) is 47.0 Å². The average molecular weight is 420 g/mol. The molecule has 0 spiro atoms. The lowest BCUT2D eigenvalue weighted by Gasteiger charge is -2.34. The molecule has 2 unspecified atom stereocenters. The minimum atomic E-state index is -0.112. The van der Waals surface area contributed by atoms with Crippen LogP contribution >= 0.6 is 11.5 Å². The van der Waals surface area contributed by atoms with E-state index >= 15 is 0 Å². The van der Waals surface area contributed by atoms with Gasteiger partial charge in [0.25, 0.3) is 5.91 Å². The molecule has 1 aromatic carbocycles. The minimum absolute atomic E-state index is 0.112. The summed E-state index contributed by atoms with van der Waals surface area (Å²) in [6.07, 6.45) is 6.68. The molecule has 0 radical (unpaired) electrons. The van der Waals surface area contributed by atoms with Crippen LogP contribution in [0.5, 0.6) is 0 Å². The number of carbonyl (C=O) groups is 1. The third-order valence-electron chi connectivity index (χ3n) is 6.03. The molecular weight excluding hydrogens is 394 g/mol. The normalized spacial score (nSPS) is 20.5. The summed E-state index contributed by atoms with van der Waals surface area (Å²) >= 11 is 1.32. The molecule has 2 bridgehead atoms. The number of amides is 1. The van der Waals surface area contributed by atoms with Gasteiger partial charge in [-0.25, -0.2) is 4.98 Å². The molecule has 5 rings (SSSR count). The van der Waals surface area contributed by atoms with Gasteiger partial charge in [-0.05, 0) is 60.6 Å². The lowest BCUT2D eigenvalue weighted by atomic mass is 10.1. The molecule has 2 aliphatic rings. The summed E-state index contributed by atoms with van der Waals surface area (Å²) < 4.78 is 4.29. The number of pyridine rings is 1. The van der Waals surface area contributed by atoms with E-state index in [0.29, 0.717) is 24.2 Å². The molecule has 0 aliphatic carbocycles. The van der Waals surface area contributed by atoms with Gasteiger partial charge in [0.05, 0.1) is 11.3 Å². The van der Waals surface area contributed by atoms with E-state index in [1.165, 1.54) is 35.6 Å². The largest absolute Gasteiger partial charge is 0.368 e. The molecule has 2 saturated heterocycles. The maximum absolute atomic E-state index is 12.5. The van der Waals surface area contributed by atoms with Crippen molar-refractivity contribution in [1.29, 1.82) is 0 Å². The summed E-state index contributed by atoms with van der Waals surface area (Å²) in [4.78, 5) is 20.2. The van der Waals surface area contributed by atoms with Gasteiger partial charge in [-0.15, -0.1) is 0 Å². The van der Waals surface area contributed by atoms with Crippen LogP contribution in [0, 0.1) is 0 Å². The van der Waals surface area contributed by atoms with Gasteiger partial charge in [0.1, 0.15) is 4.83 Å². The highest BCUT2D eigenvalue weighted by atomic mass is 32.1. The highest BCUT2D eigenvalue weighted by Gasteiger charge is 2.32. The van der Waals surface area contributed by atoms with Gasteiger partial charge in [-0.1, -0.05) is 18.7 Å². The molecule has 2 aliphatic heterocycles. The topological polar surface area (TPSA) is 70.2 Å². The van der Waals surface area contributed by atoms with Crippen LogP contribution in [0.15, 0.2) is 43.1 Å². The number of benzene rings is 1. The van der Waals surface area contributed by atoms with E-state index in [2.05, 4.69) is 55.7 Å². The highest BCUT2D eigenvalue weighted by Crippen LogP contribution is 2.25. The Morgan fingerprint density at radius 2 is 2.03 bits per heavy atom. The average Bonchev–Trinajstić information content (AvgIpc) is 3.35. The van der Waals surface area contributed by atoms with Gasteiger partial charge in [0, 0.05) is 49.0 Å². The Morgan fingerprint density at radius 3 is 2.77 bits per heavy atom. The minimum Gasteiger partial charge on any atom is -0.368 e. The molecule has 3 aromatic rings. The number of piperazine rings is 1. The number of fused-ring (bicyclic) bond motifs is 3. The van der Waals surface area contributed by atoms with Crippen molar-refractivity contribution in [3.05, 3.63) is 59.9 Å². The number of anilines is 1. The number of nitrogens with one attached hydrogen (secondary N) is 2. The van der Waals surface area contributed by atoms with Crippen molar-refractivity contribution in [2.75, 3.05) is 24.5 Å². The second kappa shape index (κ2) is 8.16. The number of carbonyl (C=O) groups excluding carboxylic acids is 1. The number of rotatable bonds is 6. The monoisotopic (exact) mass is 419 g/mol. The zero-order chi connectivity index (χ0) is 20.5. The Bertz CT molecular complexity index is 1060. The zero-order valence-electron chi connectivity index (χ0n) is 16.8. The fourth-order valence-corrected chi connectivity index (χ4v) is 5.14. The van der Waals surface area contributed by atoms with Gasteiger partial charge in [-0.2, -0.15) is 4.37 Å². The molecule has 30 heavy (non-hydrogen) atoms. The molecule has 2 N–H and O–H groups in total. The van der Waals surface area contributed by atoms with Crippen molar-refractivity contribution < 1.29 is 4.79 Å². The number of aromatic nitrogens is 2. The first-order valence-electron chi connectivity index (χ1n) is 10.5. The predicted molar refractivity (Wildman–Crippen MR) is 122 cm³/mol. The maximum atomic E-state index is 12.5. The molecule has 6 nitrogen and oxygen atoms in total. The van der Waals surface area contributed by atoms with Gasteiger partial charge < -0.3 is 15.5 Å². The standard InChI is InChI=1S/C23H25N5OS/c1-2-21-20-11-16(12-25-23(20)30-27-21)22(29)24-10-9-15-3-7-19(8-4-15)28-13-17-5-6-18(14-28)26-17/h2-4,7-8,11-12,17-18,26H,1,5-6,9-10,13-14H2,(H,24,29). The van der Waals surface area contributed by atoms with E-state index < -0.39 is 0 Å². The van der Waals surface area contributed by atoms with Crippen LogP contribution in [0.1, 0.15) is 34.5 Å². The van der Waals surface area contributed by atoms with E-state index in [9.17, 15) is 4.79 Å². The van der Waals surface area contributed by atoms with Crippen LogP contribution in [-0.2, 0) is 6.42 Å². The van der Waals surface area contributed by atoms with Crippen molar-refractivity contribution in [1.82, 2.24) is 20.0 Å².